The van der Waals surface area contributed by atoms with E-state index >= 15 is 0 Å². The molecule has 1 N–H and O–H groups in total. The van der Waals surface area contributed by atoms with Crippen molar-refractivity contribution in [3.8, 4) is 0 Å². The third-order valence-corrected chi connectivity index (χ3v) is 7.21. The zero-order valence-corrected chi connectivity index (χ0v) is 19.0. The van der Waals surface area contributed by atoms with Gasteiger partial charge in [0.25, 0.3) is 5.91 Å². The number of rotatable bonds is 5. The van der Waals surface area contributed by atoms with Gasteiger partial charge >= 0.3 is 0 Å². The summed E-state index contributed by atoms with van der Waals surface area (Å²) in [5.74, 6) is 0.0606. The van der Waals surface area contributed by atoms with Crippen LogP contribution >= 0.6 is 11.3 Å². The molecule has 1 fully saturated rings. The molecule has 1 aliphatic rings. The van der Waals surface area contributed by atoms with Gasteiger partial charge in [-0.1, -0.05) is 37.1 Å². The van der Waals surface area contributed by atoms with Gasteiger partial charge in [0, 0.05) is 29.9 Å². The Labute approximate surface area is 187 Å². The monoisotopic (exact) mass is 435 g/mol. The number of hydrogen-bond donors (Lipinski definition) is 1. The molecule has 2 aromatic heterocycles. The Morgan fingerprint density at radius 3 is 2.77 bits per heavy atom. The van der Waals surface area contributed by atoms with Crippen LogP contribution in [0.5, 0.6) is 0 Å². The van der Waals surface area contributed by atoms with Crippen molar-refractivity contribution in [1.82, 2.24) is 15.2 Å². The number of fused-ring (bicyclic) bond motifs is 1. The summed E-state index contributed by atoms with van der Waals surface area (Å²) in [6.07, 6.45) is 5.03. The number of thiophene rings is 1. The predicted octanol–water partition coefficient (Wildman–Crippen LogP) is 4.87. The normalized spacial score (nSPS) is 16.8. The van der Waals surface area contributed by atoms with Crippen molar-refractivity contribution < 1.29 is 9.59 Å². The number of aromatic nitrogens is 1. The molecule has 0 saturated carbocycles. The summed E-state index contributed by atoms with van der Waals surface area (Å²) in [5, 5.41) is 4.18. The first-order valence-electron chi connectivity index (χ1n) is 11.0. The van der Waals surface area contributed by atoms with Crippen LogP contribution in [0.25, 0.3) is 10.1 Å². The van der Waals surface area contributed by atoms with Gasteiger partial charge in [0.15, 0.2) is 0 Å². The van der Waals surface area contributed by atoms with Crippen LogP contribution < -0.4 is 5.32 Å². The van der Waals surface area contributed by atoms with E-state index in [0.717, 1.165) is 70.6 Å². The van der Waals surface area contributed by atoms with Gasteiger partial charge in [0.2, 0.25) is 5.91 Å². The lowest BCUT2D eigenvalue weighted by molar-refractivity contribution is -0.131. The Morgan fingerprint density at radius 1 is 1.13 bits per heavy atom. The standard InChI is InChI=1S/C25H29N3O2S/c1-17-9-8-10-19(27-17)16-26-25(30)24-22(21-12-5-6-13-23(21)31-24)15-20-11-4-3-7-14-28(20)18(2)29/h5-6,8-10,12-13,20H,3-4,7,11,14-16H2,1-2H3,(H,26,30)/t20-/m0/s1. The molecule has 31 heavy (non-hydrogen) atoms. The van der Waals surface area contributed by atoms with E-state index in [-0.39, 0.29) is 17.9 Å². The van der Waals surface area contributed by atoms with Crippen LogP contribution in [0.15, 0.2) is 42.5 Å². The molecule has 1 aromatic carbocycles. The number of benzene rings is 1. The highest BCUT2D eigenvalue weighted by molar-refractivity contribution is 7.21. The van der Waals surface area contributed by atoms with Gasteiger partial charge in [-0.3, -0.25) is 14.6 Å². The van der Waals surface area contributed by atoms with Crippen molar-refractivity contribution in [2.45, 2.75) is 58.5 Å². The van der Waals surface area contributed by atoms with E-state index in [1.165, 1.54) is 11.3 Å². The van der Waals surface area contributed by atoms with E-state index in [2.05, 4.69) is 22.4 Å². The quantitative estimate of drug-likeness (QED) is 0.622. The molecule has 0 bridgehead atoms. The fraction of sp³-hybridized carbons (Fsp3) is 0.400. The molecule has 162 valence electrons. The van der Waals surface area contributed by atoms with Crippen molar-refractivity contribution in [2.75, 3.05) is 6.54 Å². The maximum Gasteiger partial charge on any atom is 0.261 e. The number of nitrogens with zero attached hydrogens (tertiary/aromatic N) is 2. The van der Waals surface area contributed by atoms with Crippen LogP contribution in [0.1, 0.15) is 59.2 Å². The molecule has 1 atom stereocenters. The Kier molecular flexibility index (Phi) is 6.66. The summed E-state index contributed by atoms with van der Waals surface area (Å²) >= 11 is 1.54. The lowest BCUT2D eigenvalue weighted by atomic mass is 9.98. The Hall–Kier alpha value is -2.73. The average Bonchev–Trinajstić information content (AvgIpc) is 2.95. The maximum atomic E-state index is 13.2. The van der Waals surface area contributed by atoms with Gasteiger partial charge in [0.1, 0.15) is 0 Å². The second kappa shape index (κ2) is 9.60. The van der Waals surface area contributed by atoms with Gasteiger partial charge in [0.05, 0.1) is 17.1 Å². The van der Waals surface area contributed by atoms with E-state index in [9.17, 15) is 9.59 Å². The van der Waals surface area contributed by atoms with Crippen LogP contribution in [-0.2, 0) is 17.8 Å². The summed E-state index contributed by atoms with van der Waals surface area (Å²) in [6, 6.07) is 14.2. The molecule has 5 nitrogen and oxygen atoms in total. The zero-order valence-electron chi connectivity index (χ0n) is 18.2. The summed E-state index contributed by atoms with van der Waals surface area (Å²) in [4.78, 5) is 32.8. The summed E-state index contributed by atoms with van der Waals surface area (Å²) < 4.78 is 1.11. The predicted molar refractivity (Wildman–Crippen MR) is 125 cm³/mol. The molecule has 1 saturated heterocycles. The molecule has 3 aromatic rings. The molecule has 0 unspecified atom stereocenters. The zero-order chi connectivity index (χ0) is 21.8. The molecule has 1 aliphatic heterocycles. The molecule has 0 radical (unpaired) electrons. The number of carbonyl (C=O) groups excluding carboxylic acids is 2. The maximum absolute atomic E-state index is 13.2. The molecule has 2 amide bonds. The summed E-state index contributed by atoms with van der Waals surface area (Å²) in [7, 11) is 0. The molecule has 3 heterocycles. The highest BCUT2D eigenvalue weighted by Gasteiger charge is 2.27. The van der Waals surface area contributed by atoms with Gasteiger partial charge in [-0.25, -0.2) is 0 Å². The fourth-order valence-electron chi connectivity index (χ4n) is 4.47. The van der Waals surface area contributed by atoms with Crippen molar-refractivity contribution in [3.05, 3.63) is 64.3 Å². The highest BCUT2D eigenvalue weighted by atomic mass is 32.1. The second-order valence-corrected chi connectivity index (χ2v) is 9.33. The lowest BCUT2D eigenvalue weighted by Crippen LogP contribution is -2.40. The Bertz CT molecular complexity index is 1090. The minimum Gasteiger partial charge on any atom is -0.346 e. The Morgan fingerprint density at radius 2 is 1.97 bits per heavy atom. The number of carbonyl (C=O) groups is 2. The van der Waals surface area contributed by atoms with Crippen LogP contribution in [-0.4, -0.2) is 34.3 Å². The molecule has 0 spiro atoms. The van der Waals surface area contributed by atoms with Crippen molar-refractivity contribution in [1.29, 1.82) is 0 Å². The van der Waals surface area contributed by atoms with E-state index < -0.39 is 0 Å². The molecular formula is C25H29N3O2S. The first kappa shape index (κ1) is 21.5. The van der Waals surface area contributed by atoms with E-state index in [4.69, 9.17) is 0 Å². The fourth-order valence-corrected chi connectivity index (χ4v) is 5.62. The molecular weight excluding hydrogens is 406 g/mol. The first-order valence-corrected chi connectivity index (χ1v) is 11.8. The lowest BCUT2D eigenvalue weighted by Gasteiger charge is -2.29. The number of amides is 2. The average molecular weight is 436 g/mol. The minimum atomic E-state index is -0.0671. The van der Waals surface area contributed by atoms with Gasteiger partial charge < -0.3 is 10.2 Å². The first-order chi connectivity index (χ1) is 15.0. The van der Waals surface area contributed by atoms with E-state index in [0.29, 0.717) is 6.54 Å². The third kappa shape index (κ3) is 4.96. The van der Waals surface area contributed by atoms with Gasteiger partial charge in [-0.2, -0.15) is 0 Å². The van der Waals surface area contributed by atoms with Crippen LogP contribution in [0.3, 0.4) is 0 Å². The van der Waals surface area contributed by atoms with Crippen molar-refractivity contribution in [2.24, 2.45) is 0 Å². The topological polar surface area (TPSA) is 62.3 Å². The van der Waals surface area contributed by atoms with E-state index in [1.54, 1.807) is 6.92 Å². The molecule has 6 heteroatoms. The largest absolute Gasteiger partial charge is 0.346 e. The highest BCUT2D eigenvalue weighted by Crippen LogP contribution is 2.34. The third-order valence-electron chi connectivity index (χ3n) is 6.00. The van der Waals surface area contributed by atoms with Gasteiger partial charge in [-0.05, 0) is 55.3 Å². The smallest absolute Gasteiger partial charge is 0.261 e. The molecule has 0 aliphatic carbocycles. The van der Waals surface area contributed by atoms with Crippen LogP contribution in [0.2, 0.25) is 0 Å². The summed E-state index contributed by atoms with van der Waals surface area (Å²) in [5.41, 5.74) is 2.85. The van der Waals surface area contributed by atoms with Gasteiger partial charge in [-0.15, -0.1) is 11.3 Å². The number of pyridine rings is 1. The van der Waals surface area contributed by atoms with Crippen LogP contribution in [0, 0.1) is 6.92 Å². The second-order valence-electron chi connectivity index (χ2n) is 8.28. The minimum absolute atomic E-state index is 0.0671. The van der Waals surface area contributed by atoms with Crippen molar-refractivity contribution in [3.63, 3.8) is 0 Å². The van der Waals surface area contributed by atoms with Crippen LogP contribution in [0.4, 0.5) is 0 Å². The number of aryl methyl sites for hydroxylation is 1. The summed E-state index contributed by atoms with van der Waals surface area (Å²) in [6.45, 7) is 4.81. The van der Waals surface area contributed by atoms with Crippen molar-refractivity contribution >= 4 is 33.2 Å². The number of likely N-dealkylation sites (tertiary alicyclic amines) is 1. The SMILES string of the molecule is CC(=O)N1CCCCC[C@H]1Cc1c(C(=O)NCc2cccc(C)n2)sc2ccccc12. The van der Waals surface area contributed by atoms with E-state index in [1.807, 2.05) is 42.2 Å². The molecule has 4 rings (SSSR count). The number of hydrogen-bond acceptors (Lipinski definition) is 4. The Balaban J connectivity index is 1.62. The number of nitrogens with one attached hydrogen (secondary N) is 1.